The van der Waals surface area contributed by atoms with Gasteiger partial charge in [-0.05, 0) is 31.3 Å². The van der Waals surface area contributed by atoms with Crippen molar-refractivity contribution in [2.24, 2.45) is 0 Å². The highest BCUT2D eigenvalue weighted by Gasteiger charge is 2.07. The van der Waals surface area contributed by atoms with E-state index < -0.39 is 0 Å². The molecule has 0 atom stereocenters. The van der Waals surface area contributed by atoms with Gasteiger partial charge in [0.2, 0.25) is 0 Å². The van der Waals surface area contributed by atoms with Crippen LogP contribution >= 0.6 is 0 Å². The Balaban J connectivity index is 2.52. The van der Waals surface area contributed by atoms with E-state index in [0.717, 1.165) is 6.54 Å². The zero-order chi connectivity index (χ0) is 12.7. The topological polar surface area (TPSA) is 68.2 Å². The van der Waals surface area contributed by atoms with Gasteiger partial charge in [-0.15, -0.1) is 0 Å². The molecule has 5 nitrogen and oxygen atoms in total. The van der Waals surface area contributed by atoms with E-state index in [9.17, 15) is 4.79 Å². The Morgan fingerprint density at radius 2 is 2.06 bits per heavy atom. The summed E-state index contributed by atoms with van der Waals surface area (Å²) in [5, 5.41) is 14.4. The van der Waals surface area contributed by atoms with Crippen molar-refractivity contribution in [3.63, 3.8) is 0 Å². The van der Waals surface area contributed by atoms with Crippen molar-refractivity contribution in [1.29, 1.82) is 5.26 Å². The van der Waals surface area contributed by atoms with Gasteiger partial charge in [0, 0.05) is 25.8 Å². The summed E-state index contributed by atoms with van der Waals surface area (Å²) in [6.07, 6.45) is 0. The highest BCUT2D eigenvalue weighted by atomic mass is 16.2. The van der Waals surface area contributed by atoms with Crippen molar-refractivity contribution in [1.82, 2.24) is 10.2 Å². The molecule has 1 rings (SSSR count). The first kappa shape index (κ1) is 13.0. The molecule has 0 radical (unpaired) electrons. The van der Waals surface area contributed by atoms with Crippen LogP contribution in [0.4, 0.5) is 10.5 Å². The molecule has 0 aliphatic heterocycles. The average Bonchev–Trinajstić information content (AvgIpc) is 2.36. The van der Waals surface area contributed by atoms with E-state index >= 15 is 0 Å². The normalized spacial score (nSPS) is 9.47. The number of hydrogen-bond donors (Lipinski definition) is 2. The summed E-state index contributed by atoms with van der Waals surface area (Å²) in [5.41, 5.74) is 1.26. The van der Waals surface area contributed by atoms with Crippen molar-refractivity contribution < 1.29 is 4.79 Å². The number of carbonyl (C=O) groups excluding carboxylic acids is 1. The van der Waals surface area contributed by atoms with Crippen molar-refractivity contribution in [2.45, 2.75) is 0 Å². The summed E-state index contributed by atoms with van der Waals surface area (Å²) in [4.78, 5) is 13.3. The van der Waals surface area contributed by atoms with Gasteiger partial charge in [-0.25, -0.2) is 4.79 Å². The maximum absolute atomic E-state index is 11.7. The zero-order valence-electron chi connectivity index (χ0n) is 10.0. The molecule has 5 heteroatoms. The van der Waals surface area contributed by atoms with Crippen molar-refractivity contribution in [2.75, 3.05) is 32.5 Å². The van der Waals surface area contributed by atoms with Crippen LogP contribution in [0.5, 0.6) is 0 Å². The van der Waals surface area contributed by atoms with E-state index in [2.05, 4.69) is 10.6 Å². The average molecular weight is 232 g/mol. The van der Waals surface area contributed by atoms with E-state index in [1.807, 2.05) is 13.1 Å². The summed E-state index contributed by atoms with van der Waals surface area (Å²) >= 11 is 0. The molecule has 0 aromatic heterocycles. The molecule has 0 saturated heterocycles. The summed E-state index contributed by atoms with van der Waals surface area (Å²) in [6, 6.07) is 8.63. The van der Waals surface area contributed by atoms with Gasteiger partial charge < -0.3 is 15.5 Å². The highest BCUT2D eigenvalue weighted by molar-refractivity contribution is 5.89. The number of carbonyl (C=O) groups is 1. The second kappa shape index (κ2) is 6.51. The van der Waals surface area contributed by atoms with Crippen LogP contribution in [-0.4, -0.2) is 38.1 Å². The van der Waals surface area contributed by atoms with Gasteiger partial charge in [0.25, 0.3) is 0 Å². The Bertz CT molecular complexity index is 408. The molecule has 0 bridgehead atoms. The molecule has 90 valence electrons. The van der Waals surface area contributed by atoms with Gasteiger partial charge in [0.05, 0.1) is 11.6 Å². The zero-order valence-corrected chi connectivity index (χ0v) is 10.0. The second-order valence-corrected chi connectivity index (χ2v) is 3.64. The summed E-state index contributed by atoms with van der Waals surface area (Å²) in [6.45, 7) is 1.38. The number of nitrogens with one attached hydrogen (secondary N) is 2. The lowest BCUT2D eigenvalue weighted by Crippen LogP contribution is -2.35. The van der Waals surface area contributed by atoms with E-state index in [0.29, 0.717) is 17.8 Å². The second-order valence-electron chi connectivity index (χ2n) is 3.64. The first-order valence-electron chi connectivity index (χ1n) is 5.34. The number of anilines is 1. The Labute approximate surface area is 101 Å². The molecular weight excluding hydrogens is 216 g/mol. The number of likely N-dealkylation sites (N-methyl/N-ethyl adjacent to an activating group) is 2. The van der Waals surface area contributed by atoms with Gasteiger partial charge in [0.15, 0.2) is 0 Å². The molecule has 0 aliphatic rings. The molecule has 1 aromatic rings. The van der Waals surface area contributed by atoms with Crippen LogP contribution in [0.15, 0.2) is 24.3 Å². The van der Waals surface area contributed by atoms with Crippen LogP contribution in [0.25, 0.3) is 0 Å². The lowest BCUT2D eigenvalue weighted by atomic mass is 10.2. The fourth-order valence-corrected chi connectivity index (χ4v) is 1.23. The molecule has 0 aliphatic carbocycles. The Morgan fingerprint density at radius 1 is 1.41 bits per heavy atom. The minimum absolute atomic E-state index is 0.162. The summed E-state index contributed by atoms with van der Waals surface area (Å²) in [7, 11) is 3.57. The van der Waals surface area contributed by atoms with Crippen LogP contribution in [-0.2, 0) is 0 Å². The van der Waals surface area contributed by atoms with E-state index in [4.69, 9.17) is 5.26 Å². The number of hydrogen-bond acceptors (Lipinski definition) is 3. The predicted molar refractivity (Wildman–Crippen MR) is 66.7 cm³/mol. The predicted octanol–water partition coefficient (Wildman–Crippen LogP) is 1.24. The molecule has 1 aromatic carbocycles. The molecule has 0 fully saturated rings. The lowest BCUT2D eigenvalue weighted by molar-refractivity contribution is 0.223. The summed E-state index contributed by atoms with van der Waals surface area (Å²) < 4.78 is 0. The van der Waals surface area contributed by atoms with Crippen LogP contribution < -0.4 is 10.6 Å². The van der Waals surface area contributed by atoms with Gasteiger partial charge in [-0.1, -0.05) is 0 Å². The van der Waals surface area contributed by atoms with Gasteiger partial charge in [-0.2, -0.15) is 5.26 Å². The monoisotopic (exact) mass is 232 g/mol. The SMILES string of the molecule is CNCCN(C)C(=O)Nc1ccc(C#N)cc1. The van der Waals surface area contributed by atoms with Gasteiger partial charge in [0.1, 0.15) is 0 Å². The number of benzene rings is 1. The highest BCUT2D eigenvalue weighted by Crippen LogP contribution is 2.09. The van der Waals surface area contributed by atoms with Crippen molar-refractivity contribution in [3.05, 3.63) is 29.8 Å². The third kappa shape index (κ3) is 4.13. The van der Waals surface area contributed by atoms with Crippen LogP contribution in [0.2, 0.25) is 0 Å². The Morgan fingerprint density at radius 3 is 2.59 bits per heavy atom. The first-order chi connectivity index (χ1) is 8.17. The molecule has 0 unspecified atom stereocenters. The largest absolute Gasteiger partial charge is 0.326 e. The van der Waals surface area contributed by atoms with Crippen LogP contribution in [0, 0.1) is 11.3 Å². The molecule has 2 N–H and O–H groups in total. The molecule has 17 heavy (non-hydrogen) atoms. The van der Waals surface area contributed by atoms with Crippen LogP contribution in [0.3, 0.4) is 0 Å². The minimum Gasteiger partial charge on any atom is -0.326 e. The number of urea groups is 1. The molecule has 0 heterocycles. The van der Waals surface area contributed by atoms with Gasteiger partial charge in [-0.3, -0.25) is 0 Å². The third-order valence-electron chi connectivity index (χ3n) is 2.31. The van der Waals surface area contributed by atoms with Crippen LogP contribution in [0.1, 0.15) is 5.56 Å². The Hall–Kier alpha value is -2.06. The quantitative estimate of drug-likeness (QED) is 0.820. The fourth-order valence-electron chi connectivity index (χ4n) is 1.23. The fraction of sp³-hybridized carbons (Fsp3) is 0.333. The summed E-state index contributed by atoms with van der Waals surface area (Å²) in [5.74, 6) is 0. The van der Waals surface area contributed by atoms with Crippen molar-refractivity contribution in [3.8, 4) is 6.07 Å². The Kier molecular flexibility index (Phi) is 4.98. The maximum Gasteiger partial charge on any atom is 0.321 e. The van der Waals surface area contributed by atoms with Gasteiger partial charge >= 0.3 is 6.03 Å². The number of nitrogens with zero attached hydrogens (tertiary/aromatic N) is 2. The smallest absolute Gasteiger partial charge is 0.321 e. The van der Waals surface area contributed by atoms with E-state index in [1.165, 1.54) is 0 Å². The third-order valence-corrected chi connectivity index (χ3v) is 2.31. The first-order valence-corrected chi connectivity index (χ1v) is 5.34. The molecule has 0 spiro atoms. The maximum atomic E-state index is 11.7. The molecule has 0 saturated carbocycles. The number of amides is 2. The van der Waals surface area contributed by atoms with E-state index in [-0.39, 0.29) is 6.03 Å². The molecular formula is C12H16N4O. The lowest BCUT2D eigenvalue weighted by Gasteiger charge is -2.17. The minimum atomic E-state index is -0.162. The number of nitriles is 1. The standard InChI is InChI=1S/C12H16N4O/c1-14-7-8-16(2)12(17)15-11-5-3-10(9-13)4-6-11/h3-6,14H,7-8H2,1-2H3,(H,15,17). The van der Waals surface area contributed by atoms with Crippen molar-refractivity contribution >= 4 is 11.7 Å². The molecule has 2 amide bonds. The van der Waals surface area contributed by atoms with E-state index in [1.54, 1.807) is 36.2 Å². The number of rotatable bonds is 4.